The van der Waals surface area contributed by atoms with E-state index in [2.05, 4.69) is 17.0 Å². The Labute approximate surface area is 109 Å². The van der Waals surface area contributed by atoms with Crippen LogP contribution in [0.15, 0.2) is 5.16 Å². The molecule has 0 aromatic carbocycles. The van der Waals surface area contributed by atoms with Crippen molar-refractivity contribution in [2.75, 3.05) is 26.2 Å². The summed E-state index contributed by atoms with van der Waals surface area (Å²) in [6.45, 7) is 6.37. The van der Waals surface area contributed by atoms with Gasteiger partial charge in [-0.1, -0.05) is 24.9 Å². The highest BCUT2D eigenvalue weighted by Crippen LogP contribution is 2.51. The molecule has 1 unspecified atom stereocenters. The van der Waals surface area contributed by atoms with E-state index in [0.29, 0.717) is 6.61 Å². The summed E-state index contributed by atoms with van der Waals surface area (Å²) < 4.78 is 6.02. The normalized spacial score (nSPS) is 35.4. The highest BCUT2D eigenvalue weighted by atomic mass is 16.7. The fraction of sp³-hybridized carbons (Fsp3) is 0.929. The predicted octanol–water partition coefficient (Wildman–Crippen LogP) is 2.39. The van der Waals surface area contributed by atoms with E-state index in [4.69, 9.17) is 9.57 Å². The van der Waals surface area contributed by atoms with Crippen LogP contribution in [-0.2, 0) is 9.57 Å². The minimum Gasteiger partial charge on any atom is -0.469 e. The van der Waals surface area contributed by atoms with Gasteiger partial charge in [0, 0.05) is 12.0 Å². The Kier molecular flexibility index (Phi) is 3.22. The number of piperidine rings is 1. The first-order valence-corrected chi connectivity index (χ1v) is 7.28. The van der Waals surface area contributed by atoms with Crippen molar-refractivity contribution in [2.24, 2.45) is 10.6 Å². The van der Waals surface area contributed by atoms with Crippen LogP contribution >= 0.6 is 0 Å². The number of hydrogen-bond acceptors (Lipinski definition) is 4. The number of rotatable bonds is 3. The molecule has 1 aliphatic carbocycles. The van der Waals surface area contributed by atoms with Crippen LogP contribution in [0.1, 0.15) is 45.4 Å². The smallest absolute Gasteiger partial charge is 0.213 e. The molecule has 0 aromatic heterocycles. The Morgan fingerprint density at radius 1 is 1.17 bits per heavy atom. The zero-order chi connectivity index (χ0) is 12.5. The maximum absolute atomic E-state index is 6.02. The number of likely N-dealkylation sites (tertiary alicyclic amines) is 1. The van der Waals surface area contributed by atoms with Crippen molar-refractivity contribution in [3.05, 3.63) is 0 Å². The molecule has 1 saturated carbocycles. The maximum atomic E-state index is 6.02. The summed E-state index contributed by atoms with van der Waals surface area (Å²) in [5.41, 5.74) is 0.0846. The van der Waals surface area contributed by atoms with Gasteiger partial charge in [0.05, 0.1) is 0 Å². The quantitative estimate of drug-likeness (QED) is 0.773. The first-order chi connectivity index (χ1) is 8.74. The van der Waals surface area contributed by atoms with E-state index in [9.17, 15) is 0 Å². The third kappa shape index (κ3) is 2.00. The Balaban J connectivity index is 1.74. The van der Waals surface area contributed by atoms with Crippen molar-refractivity contribution in [1.29, 1.82) is 0 Å². The number of ether oxygens (including phenoxy) is 1. The van der Waals surface area contributed by atoms with Crippen LogP contribution < -0.4 is 0 Å². The fourth-order valence-corrected chi connectivity index (χ4v) is 3.56. The van der Waals surface area contributed by atoms with E-state index in [1.807, 2.05) is 0 Å². The second kappa shape index (κ2) is 4.72. The Bertz CT molecular complexity index is 322. The zero-order valence-corrected chi connectivity index (χ0v) is 11.4. The molecule has 2 fully saturated rings. The van der Waals surface area contributed by atoms with Gasteiger partial charge in [-0.2, -0.15) is 0 Å². The van der Waals surface area contributed by atoms with Crippen LogP contribution in [0.25, 0.3) is 0 Å². The average molecular weight is 252 g/mol. The molecule has 1 saturated heterocycles. The van der Waals surface area contributed by atoms with Gasteiger partial charge in [0.25, 0.3) is 0 Å². The fourth-order valence-electron chi connectivity index (χ4n) is 3.56. The largest absolute Gasteiger partial charge is 0.469 e. The standard InChI is InChI=1S/C14H24N2O2/c1-13(6-5-7-13)14(11-18-15-12-17-14)10-16-8-3-2-4-9-16/h12H,2-11H2,1H3. The molecule has 0 radical (unpaired) electrons. The summed E-state index contributed by atoms with van der Waals surface area (Å²) >= 11 is 0. The van der Waals surface area contributed by atoms with Crippen LogP contribution in [-0.4, -0.2) is 43.1 Å². The molecule has 0 bridgehead atoms. The van der Waals surface area contributed by atoms with Crippen molar-refractivity contribution in [2.45, 2.75) is 51.0 Å². The molecule has 4 heteroatoms. The molecule has 1 atom stereocenters. The van der Waals surface area contributed by atoms with Gasteiger partial charge < -0.3 is 9.57 Å². The van der Waals surface area contributed by atoms with E-state index in [-0.39, 0.29) is 11.0 Å². The lowest BCUT2D eigenvalue weighted by Gasteiger charge is -2.54. The third-order valence-electron chi connectivity index (χ3n) is 5.18. The van der Waals surface area contributed by atoms with Crippen molar-refractivity contribution in [3.63, 3.8) is 0 Å². The van der Waals surface area contributed by atoms with Crippen LogP contribution in [0.3, 0.4) is 0 Å². The highest BCUT2D eigenvalue weighted by molar-refractivity contribution is 5.47. The summed E-state index contributed by atoms with van der Waals surface area (Å²) in [6, 6.07) is 0. The van der Waals surface area contributed by atoms with Crippen LogP contribution in [0.4, 0.5) is 0 Å². The van der Waals surface area contributed by atoms with Gasteiger partial charge in [-0.3, -0.25) is 4.90 Å². The van der Waals surface area contributed by atoms with Gasteiger partial charge in [0.2, 0.25) is 6.40 Å². The van der Waals surface area contributed by atoms with Gasteiger partial charge >= 0.3 is 0 Å². The number of oxime groups is 1. The monoisotopic (exact) mass is 252 g/mol. The zero-order valence-electron chi connectivity index (χ0n) is 11.4. The van der Waals surface area contributed by atoms with E-state index >= 15 is 0 Å². The van der Waals surface area contributed by atoms with Gasteiger partial charge in [-0.05, 0) is 38.8 Å². The van der Waals surface area contributed by atoms with Crippen molar-refractivity contribution in [1.82, 2.24) is 4.90 Å². The van der Waals surface area contributed by atoms with Crippen molar-refractivity contribution in [3.8, 4) is 0 Å². The minimum absolute atomic E-state index is 0.176. The highest BCUT2D eigenvalue weighted by Gasteiger charge is 2.55. The molecular weight excluding hydrogens is 228 g/mol. The van der Waals surface area contributed by atoms with Crippen LogP contribution in [0.5, 0.6) is 0 Å². The molecule has 2 aliphatic heterocycles. The molecule has 3 rings (SSSR count). The predicted molar refractivity (Wildman–Crippen MR) is 70.5 cm³/mol. The summed E-state index contributed by atoms with van der Waals surface area (Å²) in [5, 5.41) is 3.77. The van der Waals surface area contributed by atoms with Crippen LogP contribution in [0.2, 0.25) is 0 Å². The van der Waals surface area contributed by atoms with Crippen molar-refractivity contribution < 1.29 is 9.57 Å². The van der Waals surface area contributed by atoms with Gasteiger partial charge in [0.1, 0.15) is 0 Å². The number of hydrogen-bond donors (Lipinski definition) is 0. The summed E-state index contributed by atoms with van der Waals surface area (Å²) in [6.07, 6.45) is 9.34. The molecule has 0 spiro atoms. The van der Waals surface area contributed by atoms with Gasteiger partial charge in [-0.25, -0.2) is 0 Å². The van der Waals surface area contributed by atoms with E-state index < -0.39 is 0 Å². The lowest BCUT2D eigenvalue weighted by Crippen LogP contribution is -2.62. The van der Waals surface area contributed by atoms with E-state index in [0.717, 1.165) is 6.54 Å². The van der Waals surface area contributed by atoms with E-state index in [1.54, 1.807) is 0 Å². The Morgan fingerprint density at radius 2 is 1.94 bits per heavy atom. The molecule has 4 nitrogen and oxygen atoms in total. The second-order valence-corrected chi connectivity index (χ2v) is 6.35. The summed E-state index contributed by atoms with van der Waals surface area (Å²) in [7, 11) is 0. The van der Waals surface area contributed by atoms with Gasteiger partial charge in [0.15, 0.2) is 12.2 Å². The maximum Gasteiger partial charge on any atom is 0.213 e. The molecule has 3 aliphatic rings. The second-order valence-electron chi connectivity index (χ2n) is 6.35. The average Bonchev–Trinajstić information content (AvgIpc) is 2.38. The van der Waals surface area contributed by atoms with Gasteiger partial charge in [-0.15, -0.1) is 0 Å². The molecule has 2 heterocycles. The molecular formula is C14H24N2O2. The topological polar surface area (TPSA) is 34.1 Å². The Hall–Kier alpha value is -0.770. The molecule has 0 amide bonds. The molecule has 0 N–H and O–H groups in total. The summed E-state index contributed by atoms with van der Waals surface area (Å²) in [5.74, 6) is 0. The first kappa shape index (κ1) is 12.3. The third-order valence-corrected chi connectivity index (χ3v) is 5.18. The minimum atomic E-state index is -0.176. The molecule has 18 heavy (non-hydrogen) atoms. The SMILES string of the molecule is CC1(C2(CN3CCCCC3)CON=CO2)CCC1. The summed E-state index contributed by atoms with van der Waals surface area (Å²) in [4.78, 5) is 7.92. The molecule has 102 valence electrons. The lowest BCUT2D eigenvalue weighted by atomic mass is 9.59. The van der Waals surface area contributed by atoms with E-state index in [1.165, 1.54) is 58.0 Å². The molecule has 0 aromatic rings. The van der Waals surface area contributed by atoms with Crippen molar-refractivity contribution >= 4 is 6.40 Å². The Morgan fingerprint density at radius 3 is 2.50 bits per heavy atom. The first-order valence-electron chi connectivity index (χ1n) is 7.28. The van der Waals surface area contributed by atoms with Crippen LogP contribution in [0, 0.1) is 5.41 Å². The number of nitrogens with zero attached hydrogens (tertiary/aromatic N) is 2. The lowest BCUT2D eigenvalue weighted by molar-refractivity contribution is -0.172.